The van der Waals surface area contributed by atoms with Crippen LogP contribution in [-0.2, 0) is 16.0 Å². The summed E-state index contributed by atoms with van der Waals surface area (Å²) in [6, 6.07) is 3.23. The predicted octanol–water partition coefficient (Wildman–Crippen LogP) is 4.23. The van der Waals surface area contributed by atoms with Crippen LogP contribution in [0.5, 0.6) is 0 Å². The first-order chi connectivity index (χ1) is 12.1. The first kappa shape index (κ1) is 19.4. The Labute approximate surface area is 164 Å². The van der Waals surface area contributed by atoms with Crippen LogP contribution in [-0.4, -0.2) is 52.2 Å². The molecule has 0 unspecified atom stereocenters. The third-order valence-electron chi connectivity index (χ3n) is 3.88. The van der Waals surface area contributed by atoms with Crippen molar-refractivity contribution in [1.82, 2.24) is 14.7 Å². The lowest BCUT2D eigenvalue weighted by Gasteiger charge is -2.34. The average molecular weight is 449 g/mol. The van der Waals surface area contributed by atoms with Gasteiger partial charge in [0.15, 0.2) is 0 Å². The number of morpholine rings is 1. The van der Waals surface area contributed by atoms with Crippen molar-refractivity contribution in [2.45, 2.75) is 39.0 Å². The molecule has 1 fully saturated rings. The van der Waals surface area contributed by atoms with Crippen LogP contribution in [0, 0.1) is 5.95 Å². The van der Waals surface area contributed by atoms with Gasteiger partial charge in [-0.2, -0.15) is 4.39 Å². The Morgan fingerprint density at radius 2 is 2.23 bits per heavy atom. The number of carbonyl (C=O) groups is 1. The van der Waals surface area contributed by atoms with Crippen molar-refractivity contribution in [3.63, 3.8) is 0 Å². The molecule has 1 atom stereocenters. The van der Waals surface area contributed by atoms with Crippen molar-refractivity contribution in [2.24, 2.45) is 0 Å². The summed E-state index contributed by atoms with van der Waals surface area (Å²) in [5.41, 5.74) is 0.0426. The summed E-state index contributed by atoms with van der Waals surface area (Å²) < 4.78 is 27.5. The van der Waals surface area contributed by atoms with E-state index in [9.17, 15) is 9.18 Å². The first-order valence-electron chi connectivity index (χ1n) is 8.24. The number of halogens is 3. The highest BCUT2D eigenvalue weighted by molar-refractivity contribution is 9.10. The zero-order valence-electron chi connectivity index (χ0n) is 14.8. The maximum Gasteiger partial charge on any atom is 0.410 e. The van der Waals surface area contributed by atoms with Gasteiger partial charge in [-0.1, -0.05) is 11.6 Å². The van der Waals surface area contributed by atoms with Crippen molar-refractivity contribution in [2.75, 3.05) is 19.7 Å². The number of hydrogen-bond donors (Lipinski definition) is 0. The van der Waals surface area contributed by atoms with Gasteiger partial charge in [0.25, 0.3) is 0 Å². The lowest BCUT2D eigenvalue weighted by molar-refractivity contribution is -0.0480. The lowest BCUT2D eigenvalue weighted by atomic mass is 10.2. The number of rotatable bonds is 2. The molecule has 26 heavy (non-hydrogen) atoms. The molecule has 1 aromatic heterocycles. The van der Waals surface area contributed by atoms with Crippen LogP contribution >= 0.6 is 27.5 Å². The summed E-state index contributed by atoms with van der Waals surface area (Å²) in [7, 11) is 0. The van der Waals surface area contributed by atoms with E-state index in [1.807, 2.05) is 20.8 Å². The smallest absolute Gasteiger partial charge is 0.410 e. The van der Waals surface area contributed by atoms with Gasteiger partial charge in [0.1, 0.15) is 5.60 Å². The molecule has 3 rings (SSSR count). The highest BCUT2D eigenvalue weighted by atomic mass is 79.9. The van der Waals surface area contributed by atoms with E-state index in [1.165, 1.54) is 10.7 Å². The number of hydrogen-bond acceptors (Lipinski definition) is 4. The van der Waals surface area contributed by atoms with Crippen LogP contribution in [0.25, 0.3) is 10.9 Å². The van der Waals surface area contributed by atoms with Crippen molar-refractivity contribution < 1.29 is 18.7 Å². The first-order valence-corrected chi connectivity index (χ1v) is 9.42. The number of aromatic nitrogens is 2. The Morgan fingerprint density at radius 1 is 1.50 bits per heavy atom. The number of nitrogens with zero attached hydrogens (tertiary/aromatic N) is 3. The van der Waals surface area contributed by atoms with Crippen molar-refractivity contribution in [3.05, 3.63) is 27.6 Å². The third-order valence-corrected chi connectivity index (χ3v) is 4.71. The summed E-state index contributed by atoms with van der Waals surface area (Å²) >= 11 is 9.39. The molecule has 1 aromatic carbocycles. The molecule has 0 N–H and O–H groups in total. The minimum Gasteiger partial charge on any atom is -0.444 e. The second-order valence-corrected chi connectivity index (χ2v) is 8.47. The number of fused-ring (bicyclic) bond motifs is 1. The van der Waals surface area contributed by atoms with Crippen molar-refractivity contribution in [1.29, 1.82) is 0 Å². The van der Waals surface area contributed by atoms with Gasteiger partial charge in [0, 0.05) is 16.0 Å². The molecule has 1 aliphatic rings. The van der Waals surface area contributed by atoms with E-state index in [4.69, 9.17) is 21.1 Å². The standard InChI is InChI=1S/C17H20BrClFN3O3/c1-17(2,3)26-16(24)22-4-5-25-11(8-22)9-23-14-12(15(20)21-23)6-10(19)7-13(14)18/h6-7,11H,4-5,8-9H2,1-3H3/t11-/m0/s1. The van der Waals surface area contributed by atoms with E-state index < -0.39 is 11.5 Å². The fourth-order valence-corrected chi connectivity index (χ4v) is 3.86. The molecule has 6 nitrogen and oxygen atoms in total. The van der Waals surface area contributed by atoms with Gasteiger partial charge >= 0.3 is 6.09 Å². The van der Waals surface area contributed by atoms with Crippen LogP contribution in [0.1, 0.15) is 20.8 Å². The summed E-state index contributed by atoms with van der Waals surface area (Å²) in [5.74, 6) is -0.594. The van der Waals surface area contributed by atoms with E-state index in [0.29, 0.717) is 46.6 Å². The molecule has 0 bridgehead atoms. The van der Waals surface area contributed by atoms with Crippen LogP contribution < -0.4 is 0 Å². The van der Waals surface area contributed by atoms with E-state index >= 15 is 0 Å². The number of ether oxygens (including phenoxy) is 2. The van der Waals surface area contributed by atoms with Crippen LogP contribution in [0.4, 0.5) is 9.18 Å². The summed E-state index contributed by atoms with van der Waals surface area (Å²) in [6.45, 7) is 6.97. The van der Waals surface area contributed by atoms with Crippen molar-refractivity contribution >= 4 is 44.5 Å². The molecule has 9 heteroatoms. The molecule has 0 saturated carbocycles. The minimum absolute atomic E-state index is 0.306. The maximum absolute atomic E-state index is 14.2. The second-order valence-electron chi connectivity index (χ2n) is 7.18. The van der Waals surface area contributed by atoms with Gasteiger partial charge in [-0.3, -0.25) is 4.68 Å². The Morgan fingerprint density at radius 3 is 2.92 bits per heavy atom. The Bertz CT molecular complexity index is 837. The number of amides is 1. The molecule has 0 radical (unpaired) electrons. The van der Waals surface area contributed by atoms with Gasteiger partial charge in [0.2, 0.25) is 5.95 Å². The summed E-state index contributed by atoms with van der Waals surface area (Å²) in [6.07, 6.45) is -0.698. The lowest BCUT2D eigenvalue weighted by Crippen LogP contribution is -2.48. The Kier molecular flexibility index (Phi) is 5.46. The molecule has 1 amide bonds. The minimum atomic E-state index is -0.594. The topological polar surface area (TPSA) is 56.6 Å². The second kappa shape index (κ2) is 7.32. The molecule has 142 valence electrons. The highest BCUT2D eigenvalue weighted by Crippen LogP contribution is 2.30. The molecular weight excluding hydrogens is 429 g/mol. The zero-order chi connectivity index (χ0) is 19.1. The fraction of sp³-hybridized carbons (Fsp3) is 0.529. The molecule has 1 saturated heterocycles. The summed E-state index contributed by atoms with van der Waals surface area (Å²) in [4.78, 5) is 13.9. The largest absolute Gasteiger partial charge is 0.444 e. The van der Waals surface area contributed by atoms with Gasteiger partial charge in [-0.05, 0) is 48.8 Å². The molecule has 0 aliphatic carbocycles. The van der Waals surface area contributed by atoms with Gasteiger partial charge in [0.05, 0.1) is 36.7 Å². The van der Waals surface area contributed by atoms with Gasteiger partial charge in [-0.25, -0.2) is 4.79 Å². The summed E-state index contributed by atoms with van der Waals surface area (Å²) in [5, 5.41) is 4.72. The SMILES string of the molecule is CC(C)(C)OC(=O)N1CCO[C@H](Cn2nc(F)c3cc(Cl)cc(Br)c32)C1. The van der Waals surface area contributed by atoms with E-state index in [0.717, 1.165) is 0 Å². The van der Waals surface area contributed by atoms with Gasteiger partial charge < -0.3 is 14.4 Å². The fourth-order valence-electron chi connectivity index (χ4n) is 2.84. The predicted molar refractivity (Wildman–Crippen MR) is 99.9 cm³/mol. The Balaban J connectivity index is 1.77. The van der Waals surface area contributed by atoms with Crippen molar-refractivity contribution in [3.8, 4) is 0 Å². The molecule has 2 heterocycles. The van der Waals surface area contributed by atoms with Crippen LogP contribution in [0.2, 0.25) is 5.02 Å². The Hall–Kier alpha value is -1.38. The van der Waals surface area contributed by atoms with Crippen LogP contribution in [0.15, 0.2) is 16.6 Å². The molecule has 1 aliphatic heterocycles. The van der Waals surface area contributed by atoms with E-state index in [-0.39, 0.29) is 12.2 Å². The van der Waals surface area contributed by atoms with Crippen LogP contribution in [0.3, 0.4) is 0 Å². The number of carbonyl (C=O) groups excluding carboxylic acids is 1. The monoisotopic (exact) mass is 447 g/mol. The molecule has 2 aromatic rings. The third kappa shape index (κ3) is 4.29. The number of benzene rings is 1. The van der Waals surface area contributed by atoms with Gasteiger partial charge in [-0.15, -0.1) is 5.10 Å². The normalized spacial score (nSPS) is 18.4. The van der Waals surface area contributed by atoms with E-state index in [2.05, 4.69) is 21.0 Å². The van der Waals surface area contributed by atoms with E-state index in [1.54, 1.807) is 11.0 Å². The average Bonchev–Trinajstić information content (AvgIpc) is 2.82. The maximum atomic E-state index is 14.2. The highest BCUT2D eigenvalue weighted by Gasteiger charge is 2.29. The molecule has 0 spiro atoms. The molecular formula is C17H20BrClFN3O3. The quantitative estimate of drug-likeness (QED) is 0.690. The zero-order valence-corrected chi connectivity index (χ0v) is 17.1.